The summed E-state index contributed by atoms with van der Waals surface area (Å²) < 4.78 is 78.1. The lowest BCUT2D eigenvalue weighted by Gasteiger charge is -2.14. The van der Waals surface area contributed by atoms with Crippen molar-refractivity contribution in [2.45, 2.75) is 12.4 Å². The Hall–Kier alpha value is -3.42. The monoisotopic (exact) mass is 383 g/mol. The first kappa shape index (κ1) is 18.4. The van der Waals surface area contributed by atoms with E-state index in [4.69, 9.17) is 5.26 Å². The molecular formula is C16H7F6N5. The van der Waals surface area contributed by atoms with Gasteiger partial charge in [0.1, 0.15) is 11.8 Å². The predicted molar refractivity (Wildman–Crippen MR) is 79.8 cm³/mol. The molecule has 0 bridgehead atoms. The van der Waals surface area contributed by atoms with Crippen LogP contribution >= 0.6 is 0 Å². The van der Waals surface area contributed by atoms with E-state index >= 15 is 0 Å². The zero-order chi connectivity index (χ0) is 19.8. The summed E-state index contributed by atoms with van der Waals surface area (Å²) in [7, 11) is 0. The van der Waals surface area contributed by atoms with Crippen LogP contribution in [0.4, 0.5) is 26.3 Å². The van der Waals surface area contributed by atoms with Crippen LogP contribution in [-0.4, -0.2) is 20.4 Å². The zero-order valence-electron chi connectivity index (χ0n) is 13.0. The Morgan fingerprint density at radius 1 is 0.778 bits per heavy atom. The van der Waals surface area contributed by atoms with Crippen molar-refractivity contribution in [2.24, 2.45) is 0 Å². The third kappa shape index (κ3) is 3.74. The highest BCUT2D eigenvalue weighted by Gasteiger charge is 2.37. The molecule has 2 aromatic heterocycles. The molecule has 0 spiro atoms. The number of nitriles is 1. The van der Waals surface area contributed by atoms with Crippen molar-refractivity contribution < 1.29 is 26.3 Å². The van der Waals surface area contributed by atoms with Crippen molar-refractivity contribution in [3.8, 4) is 28.5 Å². The molecule has 0 radical (unpaired) electrons. The number of rotatable bonds is 2. The number of aromatic amines is 1. The second-order valence-electron chi connectivity index (χ2n) is 5.39. The highest BCUT2D eigenvalue weighted by Crippen LogP contribution is 2.39. The van der Waals surface area contributed by atoms with Crippen LogP contribution in [-0.2, 0) is 12.4 Å². The summed E-state index contributed by atoms with van der Waals surface area (Å²) in [6, 6.07) is 4.29. The zero-order valence-corrected chi connectivity index (χ0v) is 13.0. The molecule has 0 saturated heterocycles. The molecule has 11 heteroatoms. The number of aromatic nitrogens is 4. The molecule has 0 aliphatic rings. The topological polar surface area (TPSA) is 78.2 Å². The molecule has 0 aliphatic heterocycles. The van der Waals surface area contributed by atoms with Crippen LogP contribution in [0.25, 0.3) is 22.4 Å². The van der Waals surface area contributed by atoms with Gasteiger partial charge in [-0.05, 0) is 29.8 Å². The highest BCUT2D eigenvalue weighted by atomic mass is 19.4. The molecule has 0 atom stereocenters. The molecule has 2 heterocycles. The van der Waals surface area contributed by atoms with Crippen molar-refractivity contribution in [1.29, 1.82) is 5.26 Å². The summed E-state index contributed by atoms with van der Waals surface area (Å²) in [4.78, 5) is 3.82. The number of hydrogen-bond acceptors (Lipinski definition) is 4. The Kier molecular flexibility index (Phi) is 4.35. The summed E-state index contributed by atoms with van der Waals surface area (Å²) in [6.45, 7) is 0. The van der Waals surface area contributed by atoms with Gasteiger partial charge in [-0.3, -0.25) is 4.98 Å². The minimum Gasteiger partial charge on any atom is -0.263 e. The number of nitrogens with zero attached hydrogens (tertiary/aromatic N) is 4. The van der Waals surface area contributed by atoms with Crippen molar-refractivity contribution in [3.05, 3.63) is 53.5 Å². The molecule has 0 fully saturated rings. The third-order valence-electron chi connectivity index (χ3n) is 3.59. The average Bonchev–Trinajstić information content (AvgIpc) is 3.09. The van der Waals surface area contributed by atoms with Gasteiger partial charge in [0.25, 0.3) is 0 Å². The fraction of sp³-hybridized carbons (Fsp3) is 0.125. The smallest absolute Gasteiger partial charge is 0.263 e. The lowest BCUT2D eigenvalue weighted by Crippen LogP contribution is -2.11. The summed E-state index contributed by atoms with van der Waals surface area (Å²) in [6.07, 6.45) is -7.53. The molecule has 138 valence electrons. The maximum absolute atomic E-state index is 13.0. The van der Waals surface area contributed by atoms with Crippen LogP contribution in [0.1, 0.15) is 16.8 Å². The molecule has 3 aromatic rings. The van der Waals surface area contributed by atoms with Gasteiger partial charge >= 0.3 is 12.4 Å². The molecule has 0 aliphatic carbocycles. The van der Waals surface area contributed by atoms with Gasteiger partial charge in [0.15, 0.2) is 5.69 Å². The maximum Gasteiger partial charge on any atom is 0.416 e. The summed E-state index contributed by atoms with van der Waals surface area (Å²) in [5.41, 5.74) is -2.99. The van der Waals surface area contributed by atoms with Crippen LogP contribution in [0, 0.1) is 11.3 Å². The summed E-state index contributed by atoms with van der Waals surface area (Å²) in [5, 5.41) is 18.5. The number of benzene rings is 1. The van der Waals surface area contributed by atoms with E-state index in [1.165, 1.54) is 12.3 Å². The van der Waals surface area contributed by atoms with Gasteiger partial charge in [-0.25, -0.2) is 0 Å². The lowest BCUT2D eigenvalue weighted by molar-refractivity contribution is -0.143. The Morgan fingerprint density at radius 3 is 1.93 bits per heavy atom. The fourth-order valence-corrected chi connectivity index (χ4v) is 2.36. The van der Waals surface area contributed by atoms with E-state index in [0.717, 1.165) is 6.20 Å². The Morgan fingerprint density at radius 2 is 1.37 bits per heavy atom. The van der Waals surface area contributed by atoms with Crippen LogP contribution in [0.2, 0.25) is 0 Å². The molecule has 27 heavy (non-hydrogen) atoms. The van der Waals surface area contributed by atoms with Crippen molar-refractivity contribution >= 4 is 0 Å². The van der Waals surface area contributed by atoms with Crippen LogP contribution in [0.15, 0.2) is 36.7 Å². The summed E-state index contributed by atoms with van der Waals surface area (Å²) >= 11 is 0. The number of H-pyrrole nitrogens is 1. The van der Waals surface area contributed by atoms with E-state index in [0.29, 0.717) is 12.1 Å². The van der Waals surface area contributed by atoms with Crippen molar-refractivity contribution in [3.63, 3.8) is 0 Å². The molecule has 0 saturated carbocycles. The number of nitrogens with one attached hydrogen (secondary N) is 1. The number of alkyl halides is 6. The van der Waals surface area contributed by atoms with Crippen LogP contribution in [0.3, 0.4) is 0 Å². The third-order valence-corrected chi connectivity index (χ3v) is 3.59. The largest absolute Gasteiger partial charge is 0.416 e. The summed E-state index contributed by atoms with van der Waals surface area (Å²) in [5.74, 6) is 0. The van der Waals surface area contributed by atoms with E-state index in [2.05, 4.69) is 20.4 Å². The van der Waals surface area contributed by atoms with Gasteiger partial charge in [0.05, 0.1) is 11.1 Å². The molecule has 1 aromatic carbocycles. The maximum atomic E-state index is 13.0. The Balaban J connectivity index is 2.17. The number of hydrogen-bond donors (Lipinski definition) is 1. The fourth-order valence-electron chi connectivity index (χ4n) is 2.36. The minimum absolute atomic E-state index is 0.00371. The quantitative estimate of drug-likeness (QED) is 0.664. The van der Waals surface area contributed by atoms with E-state index in [9.17, 15) is 26.3 Å². The van der Waals surface area contributed by atoms with E-state index in [1.54, 1.807) is 6.07 Å². The second-order valence-corrected chi connectivity index (χ2v) is 5.39. The van der Waals surface area contributed by atoms with Gasteiger partial charge in [-0.1, -0.05) is 0 Å². The highest BCUT2D eigenvalue weighted by molar-refractivity contribution is 5.72. The Bertz CT molecular complexity index is 997. The lowest BCUT2D eigenvalue weighted by atomic mass is 9.98. The van der Waals surface area contributed by atoms with Gasteiger partial charge < -0.3 is 0 Å². The van der Waals surface area contributed by atoms with E-state index < -0.39 is 23.5 Å². The first-order chi connectivity index (χ1) is 12.6. The van der Waals surface area contributed by atoms with Crippen LogP contribution < -0.4 is 0 Å². The Labute approximate surface area is 147 Å². The van der Waals surface area contributed by atoms with Crippen LogP contribution in [0.5, 0.6) is 0 Å². The van der Waals surface area contributed by atoms with E-state index in [1.807, 2.05) is 0 Å². The first-order valence-corrected chi connectivity index (χ1v) is 7.16. The van der Waals surface area contributed by atoms with Gasteiger partial charge in [0, 0.05) is 23.5 Å². The number of halogens is 6. The normalized spacial score (nSPS) is 12.0. The predicted octanol–water partition coefficient (Wildman–Crippen LogP) is 4.44. The van der Waals surface area contributed by atoms with Gasteiger partial charge in [0.2, 0.25) is 0 Å². The standard InChI is InChI=1S/C16H7F6N5/c17-15(18,19)11-2-8(3-12(4-11)16(20,21)22)9-1-10(7-24-6-9)14-13(5-23)25-27-26-14/h1-4,6-7H,(H,25,26,27). The minimum atomic E-state index is -4.96. The molecule has 1 N–H and O–H groups in total. The SMILES string of the molecule is N#Cc1n[nH]nc1-c1cncc(-c2cc(C(F)(F)F)cc(C(F)(F)F)c2)c1. The van der Waals surface area contributed by atoms with E-state index in [-0.39, 0.29) is 34.1 Å². The number of pyridine rings is 1. The van der Waals surface area contributed by atoms with Crippen molar-refractivity contribution in [1.82, 2.24) is 20.4 Å². The molecular weight excluding hydrogens is 376 g/mol. The molecule has 3 rings (SSSR count). The van der Waals surface area contributed by atoms with Crippen molar-refractivity contribution in [2.75, 3.05) is 0 Å². The molecule has 0 amide bonds. The van der Waals surface area contributed by atoms with Gasteiger partial charge in [-0.2, -0.15) is 41.9 Å². The van der Waals surface area contributed by atoms with Gasteiger partial charge in [-0.15, -0.1) is 5.10 Å². The molecule has 5 nitrogen and oxygen atoms in total. The first-order valence-electron chi connectivity index (χ1n) is 7.16. The second kappa shape index (κ2) is 6.39. The average molecular weight is 383 g/mol. The molecule has 0 unspecified atom stereocenters.